The fourth-order valence-corrected chi connectivity index (χ4v) is 1.16. The zero-order valence-electron chi connectivity index (χ0n) is 10.1. The number of amides is 1. The summed E-state index contributed by atoms with van der Waals surface area (Å²) < 4.78 is 9.75. The van der Waals surface area contributed by atoms with Crippen LogP contribution in [0.25, 0.3) is 0 Å². The van der Waals surface area contributed by atoms with E-state index in [0.29, 0.717) is 32.8 Å². The average Bonchev–Trinajstić information content (AvgIpc) is 2.29. The minimum absolute atomic E-state index is 0.0342. The van der Waals surface area contributed by atoms with Gasteiger partial charge in [-0.2, -0.15) is 0 Å². The molecule has 6 heteroatoms. The van der Waals surface area contributed by atoms with Gasteiger partial charge in [-0.1, -0.05) is 0 Å². The van der Waals surface area contributed by atoms with Crippen LogP contribution in [0.15, 0.2) is 0 Å². The Balaban J connectivity index is 3.77. The van der Waals surface area contributed by atoms with Gasteiger partial charge in [0.15, 0.2) is 0 Å². The number of hydrogen-bond donors (Lipinski definition) is 2. The van der Waals surface area contributed by atoms with Crippen LogP contribution in [0.5, 0.6) is 0 Å². The molecule has 96 valence electrons. The maximum absolute atomic E-state index is 11.7. The van der Waals surface area contributed by atoms with E-state index in [4.69, 9.17) is 14.6 Å². The third-order valence-electron chi connectivity index (χ3n) is 2.05. The SMILES string of the molecule is COCCNCC(=O)N(CCO)CCOC. The predicted octanol–water partition coefficient (Wildman–Crippen LogP) is -1.31. The Bertz CT molecular complexity index is 178. The summed E-state index contributed by atoms with van der Waals surface area (Å²) in [5.41, 5.74) is 0. The molecule has 0 aromatic carbocycles. The van der Waals surface area contributed by atoms with Gasteiger partial charge in [0.1, 0.15) is 0 Å². The van der Waals surface area contributed by atoms with Crippen molar-refractivity contribution in [3.8, 4) is 0 Å². The largest absolute Gasteiger partial charge is 0.395 e. The van der Waals surface area contributed by atoms with Crippen LogP contribution in [-0.2, 0) is 14.3 Å². The number of rotatable bonds is 10. The molecule has 0 aliphatic rings. The van der Waals surface area contributed by atoms with Crippen molar-refractivity contribution in [1.82, 2.24) is 10.2 Å². The molecule has 0 aromatic rings. The summed E-state index contributed by atoms with van der Waals surface area (Å²) >= 11 is 0. The number of aliphatic hydroxyl groups is 1. The van der Waals surface area contributed by atoms with Crippen molar-refractivity contribution in [3.05, 3.63) is 0 Å². The highest BCUT2D eigenvalue weighted by molar-refractivity contribution is 5.78. The van der Waals surface area contributed by atoms with E-state index in [1.807, 2.05) is 0 Å². The lowest BCUT2D eigenvalue weighted by Gasteiger charge is -2.21. The van der Waals surface area contributed by atoms with Crippen LogP contribution in [0.2, 0.25) is 0 Å². The molecule has 0 atom stereocenters. The number of aliphatic hydroxyl groups excluding tert-OH is 1. The first-order valence-electron chi connectivity index (χ1n) is 5.33. The van der Waals surface area contributed by atoms with Crippen LogP contribution in [0, 0.1) is 0 Å². The Morgan fingerprint density at radius 3 is 2.50 bits per heavy atom. The summed E-state index contributed by atoms with van der Waals surface area (Å²) in [6.07, 6.45) is 0. The van der Waals surface area contributed by atoms with Crippen molar-refractivity contribution in [1.29, 1.82) is 0 Å². The molecule has 6 nitrogen and oxygen atoms in total. The molecule has 0 fully saturated rings. The maximum Gasteiger partial charge on any atom is 0.236 e. The highest BCUT2D eigenvalue weighted by Gasteiger charge is 2.11. The molecule has 0 aromatic heterocycles. The van der Waals surface area contributed by atoms with Crippen LogP contribution < -0.4 is 5.32 Å². The van der Waals surface area contributed by atoms with Crippen molar-refractivity contribution in [2.75, 3.05) is 60.2 Å². The van der Waals surface area contributed by atoms with Crippen LogP contribution in [0.4, 0.5) is 0 Å². The van der Waals surface area contributed by atoms with Crippen LogP contribution in [0.1, 0.15) is 0 Å². The summed E-state index contributed by atoms with van der Waals surface area (Å²) in [5, 5.41) is 11.8. The van der Waals surface area contributed by atoms with Gasteiger partial charge in [0.2, 0.25) is 5.91 Å². The van der Waals surface area contributed by atoms with Gasteiger partial charge in [0.25, 0.3) is 0 Å². The Morgan fingerprint density at radius 2 is 1.94 bits per heavy atom. The van der Waals surface area contributed by atoms with E-state index in [1.165, 1.54) is 0 Å². The lowest BCUT2D eigenvalue weighted by molar-refractivity contribution is -0.131. The molecule has 16 heavy (non-hydrogen) atoms. The monoisotopic (exact) mass is 234 g/mol. The standard InChI is InChI=1S/C10H22N2O4/c1-15-7-3-11-9-10(14)12(4-6-13)5-8-16-2/h11,13H,3-9H2,1-2H3. The smallest absolute Gasteiger partial charge is 0.236 e. The van der Waals surface area contributed by atoms with Gasteiger partial charge in [0.05, 0.1) is 26.4 Å². The maximum atomic E-state index is 11.7. The summed E-state index contributed by atoms with van der Waals surface area (Å²) in [7, 11) is 3.19. The molecule has 1 amide bonds. The van der Waals surface area contributed by atoms with Crippen LogP contribution in [0.3, 0.4) is 0 Å². The molecular formula is C10H22N2O4. The summed E-state index contributed by atoms with van der Waals surface area (Å²) in [4.78, 5) is 13.2. The summed E-state index contributed by atoms with van der Waals surface area (Å²) in [5.74, 6) is -0.0396. The van der Waals surface area contributed by atoms with E-state index in [2.05, 4.69) is 5.32 Å². The van der Waals surface area contributed by atoms with Crippen molar-refractivity contribution < 1.29 is 19.4 Å². The van der Waals surface area contributed by atoms with Crippen LogP contribution >= 0.6 is 0 Å². The second kappa shape index (κ2) is 10.8. The van der Waals surface area contributed by atoms with Gasteiger partial charge in [-0.25, -0.2) is 0 Å². The van der Waals surface area contributed by atoms with Crippen LogP contribution in [-0.4, -0.2) is 76.1 Å². The first-order chi connectivity index (χ1) is 7.76. The molecule has 2 N–H and O–H groups in total. The number of hydrogen-bond acceptors (Lipinski definition) is 5. The minimum atomic E-state index is -0.0396. The number of carbonyl (C=O) groups is 1. The Labute approximate surface area is 96.5 Å². The number of methoxy groups -OCH3 is 2. The quantitative estimate of drug-likeness (QED) is 0.459. The molecule has 0 saturated carbocycles. The highest BCUT2D eigenvalue weighted by Crippen LogP contribution is 1.89. The number of nitrogens with one attached hydrogen (secondary N) is 1. The molecule has 0 radical (unpaired) electrons. The summed E-state index contributed by atoms with van der Waals surface area (Å²) in [6.45, 7) is 2.76. The third-order valence-corrected chi connectivity index (χ3v) is 2.05. The van der Waals surface area contributed by atoms with E-state index >= 15 is 0 Å². The molecule has 0 rings (SSSR count). The van der Waals surface area contributed by atoms with Crippen molar-refractivity contribution >= 4 is 5.91 Å². The molecule has 0 heterocycles. The van der Waals surface area contributed by atoms with Crippen molar-refractivity contribution in [2.45, 2.75) is 0 Å². The minimum Gasteiger partial charge on any atom is -0.395 e. The molecular weight excluding hydrogens is 212 g/mol. The average molecular weight is 234 g/mol. The molecule has 0 aliphatic heterocycles. The third kappa shape index (κ3) is 7.58. The van der Waals surface area contributed by atoms with Crippen molar-refractivity contribution in [2.24, 2.45) is 0 Å². The van der Waals surface area contributed by atoms with Gasteiger partial charge in [0, 0.05) is 33.9 Å². The Kier molecular flexibility index (Phi) is 10.3. The first-order valence-corrected chi connectivity index (χ1v) is 5.33. The first kappa shape index (κ1) is 15.3. The number of carbonyl (C=O) groups excluding carboxylic acids is 1. The second-order valence-electron chi connectivity index (χ2n) is 3.27. The lowest BCUT2D eigenvalue weighted by atomic mass is 10.4. The van der Waals surface area contributed by atoms with E-state index in [1.54, 1.807) is 19.1 Å². The normalized spacial score (nSPS) is 10.4. The van der Waals surface area contributed by atoms with Crippen molar-refractivity contribution in [3.63, 3.8) is 0 Å². The molecule has 0 aliphatic carbocycles. The Hall–Kier alpha value is -0.690. The lowest BCUT2D eigenvalue weighted by Crippen LogP contribution is -2.42. The zero-order valence-corrected chi connectivity index (χ0v) is 10.1. The highest BCUT2D eigenvalue weighted by atomic mass is 16.5. The number of ether oxygens (including phenoxy) is 2. The van der Waals surface area contributed by atoms with E-state index in [9.17, 15) is 4.79 Å². The zero-order chi connectivity index (χ0) is 12.2. The molecule has 0 bridgehead atoms. The predicted molar refractivity (Wildman–Crippen MR) is 60.3 cm³/mol. The topological polar surface area (TPSA) is 71.0 Å². The van der Waals surface area contributed by atoms with E-state index < -0.39 is 0 Å². The second-order valence-corrected chi connectivity index (χ2v) is 3.27. The van der Waals surface area contributed by atoms with Gasteiger partial charge in [-0.15, -0.1) is 0 Å². The van der Waals surface area contributed by atoms with E-state index in [0.717, 1.165) is 0 Å². The van der Waals surface area contributed by atoms with Gasteiger partial charge < -0.3 is 24.8 Å². The Morgan fingerprint density at radius 1 is 1.25 bits per heavy atom. The fourth-order valence-electron chi connectivity index (χ4n) is 1.16. The van der Waals surface area contributed by atoms with Gasteiger partial charge in [-0.3, -0.25) is 4.79 Å². The number of nitrogens with zero attached hydrogens (tertiary/aromatic N) is 1. The summed E-state index contributed by atoms with van der Waals surface area (Å²) in [6, 6.07) is 0. The molecule has 0 saturated heterocycles. The molecule has 0 unspecified atom stereocenters. The van der Waals surface area contributed by atoms with E-state index in [-0.39, 0.29) is 19.1 Å². The van der Waals surface area contributed by atoms with Gasteiger partial charge in [-0.05, 0) is 0 Å². The van der Waals surface area contributed by atoms with Gasteiger partial charge >= 0.3 is 0 Å². The fraction of sp³-hybridized carbons (Fsp3) is 0.900. The molecule has 0 spiro atoms.